The van der Waals surface area contributed by atoms with Crippen LogP contribution >= 0.6 is 11.6 Å². The molecule has 0 aromatic heterocycles. The van der Waals surface area contributed by atoms with E-state index in [4.69, 9.17) is 11.6 Å². The van der Waals surface area contributed by atoms with Crippen LogP contribution in [-0.4, -0.2) is 55.6 Å². The van der Waals surface area contributed by atoms with Crippen LogP contribution in [0.1, 0.15) is 38.3 Å². The lowest BCUT2D eigenvalue weighted by atomic mass is 10.0. The van der Waals surface area contributed by atoms with Crippen LogP contribution < -0.4 is 5.32 Å². The van der Waals surface area contributed by atoms with Crippen LogP contribution in [0.2, 0.25) is 5.02 Å². The van der Waals surface area contributed by atoms with E-state index in [2.05, 4.69) is 48.1 Å². The molecule has 1 aromatic carbocycles. The molecule has 3 nitrogen and oxygen atoms in total. The monoisotopic (exact) mass is 323 g/mol. The standard InChI is InChI=1S/C18H30ClN3/c1-4-22(5-2)18(16-8-6-7-9-17(16)19)14-20-15-10-12-21(3)13-11-15/h6-9,15,18,20H,4-5,10-14H2,1-3H3. The number of hydrogen-bond acceptors (Lipinski definition) is 3. The summed E-state index contributed by atoms with van der Waals surface area (Å²) >= 11 is 6.46. The minimum atomic E-state index is 0.350. The van der Waals surface area contributed by atoms with Gasteiger partial charge >= 0.3 is 0 Å². The zero-order valence-electron chi connectivity index (χ0n) is 14.2. The first kappa shape index (κ1) is 17.7. The van der Waals surface area contributed by atoms with Gasteiger partial charge in [0.2, 0.25) is 0 Å². The van der Waals surface area contributed by atoms with Crippen LogP contribution in [-0.2, 0) is 0 Å². The molecular formula is C18H30ClN3. The number of halogens is 1. The number of nitrogens with one attached hydrogen (secondary N) is 1. The predicted molar refractivity (Wildman–Crippen MR) is 95.6 cm³/mol. The number of nitrogens with zero attached hydrogens (tertiary/aromatic N) is 2. The fourth-order valence-corrected chi connectivity index (χ4v) is 3.60. The molecule has 0 aliphatic carbocycles. The molecule has 1 aromatic rings. The lowest BCUT2D eigenvalue weighted by Gasteiger charge is -2.34. The topological polar surface area (TPSA) is 18.5 Å². The summed E-state index contributed by atoms with van der Waals surface area (Å²) in [6.45, 7) is 9.90. The van der Waals surface area contributed by atoms with Gasteiger partial charge in [-0.15, -0.1) is 0 Å². The lowest BCUT2D eigenvalue weighted by Crippen LogP contribution is -2.44. The van der Waals surface area contributed by atoms with Crippen molar-refractivity contribution in [3.63, 3.8) is 0 Å². The van der Waals surface area contributed by atoms with Gasteiger partial charge < -0.3 is 10.2 Å². The Morgan fingerprint density at radius 1 is 1.23 bits per heavy atom. The molecule has 22 heavy (non-hydrogen) atoms. The van der Waals surface area contributed by atoms with Crippen LogP contribution in [0.25, 0.3) is 0 Å². The Kier molecular flexibility index (Phi) is 7.16. The van der Waals surface area contributed by atoms with Crippen molar-refractivity contribution in [1.29, 1.82) is 0 Å². The van der Waals surface area contributed by atoms with Gasteiger partial charge in [-0.2, -0.15) is 0 Å². The van der Waals surface area contributed by atoms with Crippen molar-refractivity contribution in [2.24, 2.45) is 0 Å². The van der Waals surface area contributed by atoms with Crippen molar-refractivity contribution in [1.82, 2.24) is 15.1 Å². The Bertz CT molecular complexity index is 440. The van der Waals surface area contributed by atoms with Crippen molar-refractivity contribution >= 4 is 11.6 Å². The van der Waals surface area contributed by atoms with Crippen molar-refractivity contribution in [3.05, 3.63) is 34.9 Å². The molecule has 1 aliphatic heterocycles. The summed E-state index contributed by atoms with van der Waals surface area (Å²) in [6, 6.07) is 9.26. The molecular weight excluding hydrogens is 294 g/mol. The summed E-state index contributed by atoms with van der Waals surface area (Å²) in [4.78, 5) is 4.90. The number of likely N-dealkylation sites (N-methyl/N-ethyl adjacent to an activating group) is 1. The van der Waals surface area contributed by atoms with Gasteiger partial charge in [-0.05, 0) is 57.7 Å². The Balaban J connectivity index is 2.03. The first-order chi connectivity index (χ1) is 10.7. The fourth-order valence-electron chi connectivity index (χ4n) is 3.34. The van der Waals surface area contributed by atoms with Gasteiger partial charge in [-0.25, -0.2) is 0 Å². The highest BCUT2D eigenvalue weighted by Gasteiger charge is 2.23. The maximum absolute atomic E-state index is 6.46. The quantitative estimate of drug-likeness (QED) is 0.829. The number of rotatable bonds is 7. The molecule has 1 unspecified atom stereocenters. The van der Waals surface area contributed by atoms with E-state index in [1.54, 1.807) is 0 Å². The second-order valence-corrected chi connectivity index (χ2v) is 6.65. The largest absolute Gasteiger partial charge is 0.312 e. The minimum Gasteiger partial charge on any atom is -0.312 e. The molecule has 4 heteroatoms. The number of benzene rings is 1. The zero-order valence-corrected chi connectivity index (χ0v) is 14.9. The number of piperidine rings is 1. The van der Waals surface area contributed by atoms with E-state index in [9.17, 15) is 0 Å². The van der Waals surface area contributed by atoms with E-state index in [0.29, 0.717) is 12.1 Å². The van der Waals surface area contributed by atoms with Crippen molar-refractivity contribution in [2.45, 2.75) is 38.8 Å². The van der Waals surface area contributed by atoms with Gasteiger partial charge in [-0.1, -0.05) is 43.6 Å². The van der Waals surface area contributed by atoms with Gasteiger partial charge in [0.15, 0.2) is 0 Å². The molecule has 124 valence electrons. The average Bonchev–Trinajstić information content (AvgIpc) is 2.54. The van der Waals surface area contributed by atoms with Crippen LogP contribution in [0.3, 0.4) is 0 Å². The van der Waals surface area contributed by atoms with Crippen LogP contribution in [0.5, 0.6) is 0 Å². The van der Waals surface area contributed by atoms with Gasteiger partial charge in [-0.3, -0.25) is 4.90 Å². The molecule has 1 saturated heterocycles. The molecule has 0 bridgehead atoms. The molecule has 0 saturated carbocycles. The van der Waals surface area contributed by atoms with Crippen molar-refractivity contribution < 1.29 is 0 Å². The van der Waals surface area contributed by atoms with E-state index in [0.717, 1.165) is 24.7 Å². The highest BCUT2D eigenvalue weighted by atomic mass is 35.5. The molecule has 1 fully saturated rings. The maximum Gasteiger partial charge on any atom is 0.0487 e. The highest BCUT2D eigenvalue weighted by Crippen LogP contribution is 2.27. The average molecular weight is 324 g/mol. The summed E-state index contributed by atoms with van der Waals surface area (Å²) in [5.41, 5.74) is 1.24. The van der Waals surface area contributed by atoms with E-state index in [1.807, 2.05) is 12.1 Å². The normalized spacial score (nSPS) is 18.8. The molecule has 0 amide bonds. The van der Waals surface area contributed by atoms with E-state index < -0.39 is 0 Å². The van der Waals surface area contributed by atoms with E-state index in [1.165, 1.54) is 31.5 Å². The van der Waals surface area contributed by atoms with E-state index >= 15 is 0 Å². The second-order valence-electron chi connectivity index (χ2n) is 6.24. The second kappa shape index (κ2) is 8.88. The SMILES string of the molecule is CCN(CC)C(CNC1CCN(C)CC1)c1ccccc1Cl. The molecule has 1 N–H and O–H groups in total. The summed E-state index contributed by atoms with van der Waals surface area (Å²) in [7, 11) is 2.21. The third kappa shape index (κ3) is 4.69. The van der Waals surface area contributed by atoms with Gasteiger partial charge in [0, 0.05) is 23.7 Å². The van der Waals surface area contributed by atoms with Crippen LogP contribution in [0, 0.1) is 0 Å². The molecule has 1 heterocycles. The number of hydrogen-bond donors (Lipinski definition) is 1. The molecule has 1 atom stereocenters. The first-order valence-electron chi connectivity index (χ1n) is 8.56. The smallest absolute Gasteiger partial charge is 0.0487 e. The molecule has 0 radical (unpaired) electrons. The fraction of sp³-hybridized carbons (Fsp3) is 0.667. The Labute approximate surface area is 140 Å². The maximum atomic E-state index is 6.46. The molecule has 1 aliphatic rings. The van der Waals surface area contributed by atoms with Gasteiger partial charge in [0.05, 0.1) is 0 Å². The minimum absolute atomic E-state index is 0.350. The van der Waals surface area contributed by atoms with E-state index in [-0.39, 0.29) is 0 Å². The first-order valence-corrected chi connectivity index (χ1v) is 8.93. The predicted octanol–water partition coefficient (Wildman–Crippen LogP) is 3.41. The zero-order chi connectivity index (χ0) is 15.9. The van der Waals surface area contributed by atoms with Crippen LogP contribution in [0.15, 0.2) is 24.3 Å². The van der Waals surface area contributed by atoms with Crippen LogP contribution in [0.4, 0.5) is 0 Å². The summed E-state index contributed by atoms with van der Waals surface area (Å²) in [5.74, 6) is 0. The third-order valence-corrected chi connectivity index (χ3v) is 5.18. The molecule has 2 rings (SSSR count). The Morgan fingerprint density at radius 2 is 1.86 bits per heavy atom. The number of likely N-dealkylation sites (tertiary alicyclic amines) is 1. The van der Waals surface area contributed by atoms with Crippen molar-refractivity contribution in [3.8, 4) is 0 Å². The Morgan fingerprint density at radius 3 is 2.45 bits per heavy atom. The third-order valence-electron chi connectivity index (χ3n) is 4.84. The molecule has 0 spiro atoms. The lowest BCUT2D eigenvalue weighted by molar-refractivity contribution is 0.189. The van der Waals surface area contributed by atoms with Gasteiger partial charge in [0.1, 0.15) is 0 Å². The summed E-state index contributed by atoms with van der Waals surface area (Å²) in [5, 5.41) is 4.67. The summed E-state index contributed by atoms with van der Waals surface area (Å²) in [6.07, 6.45) is 2.48. The van der Waals surface area contributed by atoms with Gasteiger partial charge in [0.25, 0.3) is 0 Å². The highest BCUT2D eigenvalue weighted by molar-refractivity contribution is 6.31. The summed E-state index contributed by atoms with van der Waals surface area (Å²) < 4.78 is 0. The van der Waals surface area contributed by atoms with Crippen molar-refractivity contribution in [2.75, 3.05) is 39.8 Å². The Hall–Kier alpha value is -0.610.